The number of nitrogen functional groups attached to an aromatic ring is 1. The number of benzene rings is 1. The molecule has 2 heterocycles. The molecule has 1 aromatic carbocycles. The van der Waals surface area contributed by atoms with E-state index >= 15 is 0 Å². The van der Waals surface area contributed by atoms with Gasteiger partial charge in [-0.3, -0.25) is 4.40 Å². The van der Waals surface area contributed by atoms with Crippen molar-refractivity contribution in [2.24, 2.45) is 0 Å². The molecule has 22 heavy (non-hydrogen) atoms. The van der Waals surface area contributed by atoms with Gasteiger partial charge in [0.15, 0.2) is 11.5 Å². The minimum atomic E-state index is -1.09. The van der Waals surface area contributed by atoms with Crippen LogP contribution >= 0.6 is 0 Å². The summed E-state index contributed by atoms with van der Waals surface area (Å²) in [4.78, 5) is 15.5. The Labute approximate surface area is 126 Å². The maximum atomic E-state index is 11.3. The first-order valence-corrected chi connectivity index (χ1v) is 6.74. The molecule has 112 valence electrons. The van der Waals surface area contributed by atoms with Gasteiger partial charge in [-0.1, -0.05) is 12.1 Å². The van der Waals surface area contributed by atoms with Gasteiger partial charge >= 0.3 is 5.97 Å². The molecule has 0 aliphatic rings. The number of fused-ring (bicyclic) bond motifs is 1. The quantitative estimate of drug-likeness (QED) is 0.772. The molecular formula is C16H15N3O3. The molecule has 0 fully saturated rings. The van der Waals surface area contributed by atoms with Crippen LogP contribution in [-0.4, -0.2) is 20.5 Å². The summed E-state index contributed by atoms with van der Waals surface area (Å²) in [6, 6.07) is 10.9. The molecule has 0 aliphatic carbocycles. The molecule has 0 bridgehead atoms. The van der Waals surface area contributed by atoms with Gasteiger partial charge < -0.3 is 15.6 Å². The number of rotatable bonds is 4. The molecule has 0 spiro atoms. The molecule has 0 atom stereocenters. The number of anilines is 1. The normalized spacial score (nSPS) is 10.8. The maximum absolute atomic E-state index is 11.3. The summed E-state index contributed by atoms with van der Waals surface area (Å²) in [6.45, 7) is 2.14. The van der Waals surface area contributed by atoms with Crippen molar-refractivity contribution in [2.75, 3.05) is 5.73 Å². The van der Waals surface area contributed by atoms with Crippen LogP contribution in [0.3, 0.4) is 0 Å². The van der Waals surface area contributed by atoms with E-state index in [0.29, 0.717) is 22.8 Å². The molecule has 0 saturated heterocycles. The number of aryl methyl sites for hydroxylation is 1. The molecule has 3 rings (SSSR count). The highest BCUT2D eigenvalue weighted by Crippen LogP contribution is 2.19. The largest absolute Gasteiger partial charge is 0.486 e. The van der Waals surface area contributed by atoms with Crippen molar-refractivity contribution in [3.8, 4) is 5.75 Å². The Kier molecular flexibility index (Phi) is 3.42. The number of imidazole rings is 1. The SMILES string of the molecule is Cc1cccc(OCc2nc(C(=O)O)c3cc(N)ccn23)c1. The van der Waals surface area contributed by atoms with Gasteiger partial charge in [0, 0.05) is 11.9 Å². The van der Waals surface area contributed by atoms with Crippen LogP contribution in [0.15, 0.2) is 42.6 Å². The Morgan fingerprint density at radius 2 is 2.18 bits per heavy atom. The number of nitrogens with two attached hydrogens (primary N) is 1. The number of hydrogen-bond acceptors (Lipinski definition) is 4. The number of hydrogen-bond donors (Lipinski definition) is 2. The topological polar surface area (TPSA) is 89.8 Å². The highest BCUT2D eigenvalue weighted by molar-refractivity contribution is 5.94. The summed E-state index contributed by atoms with van der Waals surface area (Å²) >= 11 is 0. The Morgan fingerprint density at radius 1 is 1.36 bits per heavy atom. The van der Waals surface area contributed by atoms with E-state index in [-0.39, 0.29) is 12.3 Å². The van der Waals surface area contributed by atoms with Crippen molar-refractivity contribution in [3.05, 3.63) is 59.7 Å². The second kappa shape index (κ2) is 5.40. The molecule has 6 heteroatoms. The molecule has 2 aromatic heterocycles. The maximum Gasteiger partial charge on any atom is 0.356 e. The van der Waals surface area contributed by atoms with Crippen molar-refractivity contribution in [2.45, 2.75) is 13.5 Å². The predicted molar refractivity (Wildman–Crippen MR) is 82.1 cm³/mol. The Morgan fingerprint density at radius 3 is 2.91 bits per heavy atom. The van der Waals surface area contributed by atoms with Crippen LogP contribution in [0.4, 0.5) is 5.69 Å². The highest BCUT2D eigenvalue weighted by Gasteiger charge is 2.17. The van der Waals surface area contributed by atoms with Crippen molar-refractivity contribution in [1.82, 2.24) is 9.38 Å². The minimum absolute atomic E-state index is 0.0323. The zero-order valence-electron chi connectivity index (χ0n) is 12.0. The first-order valence-electron chi connectivity index (χ1n) is 6.74. The lowest BCUT2D eigenvalue weighted by Crippen LogP contribution is -2.02. The lowest BCUT2D eigenvalue weighted by atomic mass is 10.2. The van der Waals surface area contributed by atoms with Crippen LogP contribution in [0.1, 0.15) is 21.9 Å². The molecule has 0 radical (unpaired) electrons. The average Bonchev–Trinajstić information content (AvgIpc) is 2.83. The summed E-state index contributed by atoms with van der Waals surface area (Å²) in [5, 5.41) is 9.25. The fraction of sp³-hybridized carbons (Fsp3) is 0.125. The summed E-state index contributed by atoms with van der Waals surface area (Å²) in [7, 11) is 0. The van der Waals surface area contributed by atoms with E-state index < -0.39 is 5.97 Å². The summed E-state index contributed by atoms with van der Waals surface area (Å²) in [5.41, 5.74) is 7.71. The van der Waals surface area contributed by atoms with Gasteiger partial charge in [0.05, 0.1) is 5.52 Å². The van der Waals surface area contributed by atoms with E-state index in [9.17, 15) is 9.90 Å². The van der Waals surface area contributed by atoms with E-state index in [1.54, 1.807) is 22.7 Å². The van der Waals surface area contributed by atoms with Gasteiger partial charge in [-0.15, -0.1) is 0 Å². The van der Waals surface area contributed by atoms with Gasteiger partial charge in [-0.2, -0.15) is 0 Å². The van der Waals surface area contributed by atoms with E-state index in [4.69, 9.17) is 10.5 Å². The first kappa shape index (κ1) is 13.9. The third kappa shape index (κ3) is 2.58. The zero-order valence-corrected chi connectivity index (χ0v) is 12.0. The molecule has 0 amide bonds. The molecule has 3 N–H and O–H groups in total. The smallest absolute Gasteiger partial charge is 0.356 e. The Bertz CT molecular complexity index is 855. The van der Waals surface area contributed by atoms with E-state index in [1.165, 1.54) is 0 Å². The van der Waals surface area contributed by atoms with Gasteiger partial charge in [-0.05, 0) is 36.8 Å². The highest BCUT2D eigenvalue weighted by atomic mass is 16.5. The lowest BCUT2D eigenvalue weighted by Gasteiger charge is -2.06. The summed E-state index contributed by atoms with van der Waals surface area (Å²) in [6.07, 6.45) is 1.69. The molecular weight excluding hydrogens is 282 g/mol. The fourth-order valence-electron chi connectivity index (χ4n) is 2.28. The number of carboxylic acid groups (broad SMARTS) is 1. The summed E-state index contributed by atoms with van der Waals surface area (Å²) in [5.74, 6) is 0.128. The number of ether oxygens (including phenoxy) is 1. The van der Waals surface area contributed by atoms with E-state index in [2.05, 4.69) is 4.98 Å². The monoisotopic (exact) mass is 297 g/mol. The van der Waals surface area contributed by atoms with E-state index in [1.807, 2.05) is 31.2 Å². The third-order valence-corrected chi connectivity index (χ3v) is 3.30. The predicted octanol–water partition coefficient (Wildman–Crippen LogP) is 2.50. The Hall–Kier alpha value is -3.02. The van der Waals surface area contributed by atoms with Crippen molar-refractivity contribution < 1.29 is 14.6 Å². The van der Waals surface area contributed by atoms with Crippen LogP contribution < -0.4 is 10.5 Å². The second-order valence-electron chi connectivity index (χ2n) is 5.00. The van der Waals surface area contributed by atoms with Crippen molar-refractivity contribution in [1.29, 1.82) is 0 Å². The first-order chi connectivity index (χ1) is 10.5. The van der Waals surface area contributed by atoms with Gasteiger partial charge in [0.25, 0.3) is 0 Å². The van der Waals surface area contributed by atoms with Gasteiger partial charge in [0.2, 0.25) is 0 Å². The molecule has 3 aromatic rings. The van der Waals surface area contributed by atoms with Crippen LogP contribution in [0.2, 0.25) is 0 Å². The fourth-order valence-corrected chi connectivity index (χ4v) is 2.28. The number of carboxylic acids is 1. The van der Waals surface area contributed by atoms with Crippen LogP contribution in [0.5, 0.6) is 5.75 Å². The Balaban J connectivity index is 1.95. The van der Waals surface area contributed by atoms with Gasteiger partial charge in [-0.25, -0.2) is 9.78 Å². The number of aromatic nitrogens is 2. The second-order valence-corrected chi connectivity index (χ2v) is 5.00. The average molecular weight is 297 g/mol. The van der Waals surface area contributed by atoms with Crippen LogP contribution in [0, 0.1) is 6.92 Å². The number of pyridine rings is 1. The summed E-state index contributed by atoms with van der Waals surface area (Å²) < 4.78 is 7.37. The molecule has 6 nitrogen and oxygen atoms in total. The zero-order chi connectivity index (χ0) is 15.7. The lowest BCUT2D eigenvalue weighted by molar-refractivity contribution is 0.0693. The molecule has 0 aliphatic heterocycles. The van der Waals surface area contributed by atoms with Crippen LogP contribution in [-0.2, 0) is 6.61 Å². The van der Waals surface area contributed by atoms with E-state index in [0.717, 1.165) is 5.56 Å². The number of aromatic carboxylic acids is 1. The molecule has 0 unspecified atom stereocenters. The third-order valence-electron chi connectivity index (χ3n) is 3.30. The van der Waals surface area contributed by atoms with Crippen molar-refractivity contribution >= 4 is 17.2 Å². The minimum Gasteiger partial charge on any atom is -0.486 e. The van der Waals surface area contributed by atoms with Gasteiger partial charge in [0.1, 0.15) is 12.4 Å². The number of nitrogens with zero attached hydrogens (tertiary/aromatic N) is 2. The van der Waals surface area contributed by atoms with Crippen LogP contribution in [0.25, 0.3) is 5.52 Å². The van der Waals surface area contributed by atoms with Crippen molar-refractivity contribution in [3.63, 3.8) is 0 Å². The molecule has 0 saturated carbocycles. The number of carbonyl (C=O) groups is 1. The standard InChI is InChI=1S/C16H15N3O3/c1-10-3-2-4-12(7-10)22-9-14-18-15(16(20)21)13-8-11(17)5-6-19(13)14/h2-8H,9,17H2,1H3,(H,20,21).